The zero-order valence-electron chi connectivity index (χ0n) is 16.4. The van der Waals surface area contributed by atoms with Gasteiger partial charge < -0.3 is 10.5 Å². The first-order valence-electron chi connectivity index (χ1n) is 9.16. The molecule has 152 valence electrons. The van der Waals surface area contributed by atoms with Crippen LogP contribution in [0.25, 0.3) is 0 Å². The van der Waals surface area contributed by atoms with Gasteiger partial charge in [-0.25, -0.2) is 9.79 Å². The summed E-state index contributed by atoms with van der Waals surface area (Å²) in [5.41, 5.74) is 8.96. The van der Waals surface area contributed by atoms with Gasteiger partial charge in [0, 0.05) is 16.9 Å². The lowest BCUT2D eigenvalue weighted by molar-refractivity contribution is 0.103. The molecule has 0 atom stereocenters. The summed E-state index contributed by atoms with van der Waals surface area (Å²) in [5.74, 6) is 0.457. The van der Waals surface area contributed by atoms with E-state index in [1.54, 1.807) is 30.3 Å². The van der Waals surface area contributed by atoms with Gasteiger partial charge in [0.05, 0.1) is 18.5 Å². The summed E-state index contributed by atoms with van der Waals surface area (Å²) in [7, 11) is 1.28. The van der Waals surface area contributed by atoms with Gasteiger partial charge in [0.1, 0.15) is 0 Å². The molecule has 0 heterocycles. The molecule has 3 aromatic rings. The topological polar surface area (TPSA) is 93.8 Å². The Hall–Kier alpha value is -3.58. The third-order valence-electron chi connectivity index (χ3n) is 4.16. The van der Waals surface area contributed by atoms with Crippen LogP contribution in [0.1, 0.15) is 21.5 Å². The predicted octanol–water partition coefficient (Wildman–Crippen LogP) is 4.78. The van der Waals surface area contributed by atoms with Crippen molar-refractivity contribution >= 4 is 40.2 Å². The van der Waals surface area contributed by atoms with Crippen molar-refractivity contribution in [3.05, 3.63) is 95.6 Å². The minimum absolute atomic E-state index is 0.133. The average molecular weight is 420 g/mol. The highest BCUT2D eigenvalue weighted by Crippen LogP contribution is 2.27. The second-order valence-corrected chi connectivity index (χ2v) is 7.24. The standard InChI is InChI=1S/C23H21N3O3S/c1-29-23(28)26-22(30-15-16-8-4-2-5-9-16)25-20-14-18(12-13-19(20)24)21(27)17-10-6-3-7-11-17/h2-14H,15,24H2,1H3,(H,25,26,28). The Morgan fingerprint density at radius 1 is 0.967 bits per heavy atom. The molecule has 0 aliphatic rings. The third-order valence-corrected chi connectivity index (χ3v) is 5.11. The van der Waals surface area contributed by atoms with Crippen LogP contribution in [0.2, 0.25) is 0 Å². The quantitative estimate of drug-likeness (QED) is 0.269. The monoisotopic (exact) mass is 419 g/mol. The van der Waals surface area contributed by atoms with Crippen LogP contribution in [-0.2, 0) is 10.5 Å². The summed E-state index contributed by atoms with van der Waals surface area (Å²) < 4.78 is 4.69. The Morgan fingerprint density at radius 3 is 2.30 bits per heavy atom. The van der Waals surface area contributed by atoms with Crippen LogP contribution >= 0.6 is 11.8 Å². The highest BCUT2D eigenvalue weighted by atomic mass is 32.2. The number of alkyl carbamates (subject to hydrolysis) is 1. The molecule has 1 amide bonds. The number of hydrogen-bond donors (Lipinski definition) is 2. The summed E-state index contributed by atoms with van der Waals surface area (Å²) in [6.45, 7) is 0. The fourth-order valence-corrected chi connectivity index (χ4v) is 3.42. The third kappa shape index (κ3) is 5.71. The maximum Gasteiger partial charge on any atom is 0.412 e. The number of benzene rings is 3. The number of nitrogens with one attached hydrogen (secondary N) is 1. The number of rotatable bonds is 5. The summed E-state index contributed by atoms with van der Waals surface area (Å²) in [5, 5.41) is 2.93. The first kappa shape index (κ1) is 21.1. The number of nitrogens with zero attached hydrogens (tertiary/aromatic N) is 1. The fourth-order valence-electron chi connectivity index (χ4n) is 2.61. The Kier molecular flexibility index (Phi) is 7.24. The lowest BCUT2D eigenvalue weighted by Gasteiger charge is -2.10. The molecule has 6 nitrogen and oxygen atoms in total. The van der Waals surface area contributed by atoms with Crippen LogP contribution in [-0.4, -0.2) is 24.2 Å². The number of amidine groups is 1. The number of nitrogens with two attached hydrogens (primary N) is 1. The van der Waals surface area contributed by atoms with Crippen molar-refractivity contribution in [3.63, 3.8) is 0 Å². The van der Waals surface area contributed by atoms with Crippen LogP contribution in [0.3, 0.4) is 0 Å². The Balaban J connectivity index is 1.88. The number of methoxy groups -OCH3 is 1. The molecule has 3 N–H and O–H groups in total. The molecule has 7 heteroatoms. The van der Waals surface area contributed by atoms with Gasteiger partial charge in [0.15, 0.2) is 11.0 Å². The molecule has 3 aromatic carbocycles. The van der Waals surface area contributed by atoms with Crippen LogP contribution in [0.5, 0.6) is 0 Å². The Bertz CT molecular complexity index is 1050. The molecule has 0 aliphatic heterocycles. The van der Waals surface area contributed by atoms with E-state index in [0.29, 0.717) is 33.4 Å². The summed E-state index contributed by atoms with van der Waals surface area (Å²) in [6, 6.07) is 23.7. The number of ether oxygens (including phenoxy) is 1. The number of nitrogen functional groups attached to an aromatic ring is 1. The largest absolute Gasteiger partial charge is 0.453 e. The Labute approximate surface area is 179 Å². The molecule has 0 saturated heterocycles. The van der Waals surface area contributed by atoms with E-state index < -0.39 is 6.09 Å². The van der Waals surface area contributed by atoms with Gasteiger partial charge >= 0.3 is 6.09 Å². The van der Waals surface area contributed by atoms with E-state index in [1.165, 1.54) is 18.9 Å². The zero-order chi connectivity index (χ0) is 21.3. The minimum atomic E-state index is -0.635. The summed E-state index contributed by atoms with van der Waals surface area (Å²) in [4.78, 5) is 29.0. The number of amides is 1. The predicted molar refractivity (Wildman–Crippen MR) is 121 cm³/mol. The smallest absolute Gasteiger partial charge is 0.412 e. The van der Waals surface area contributed by atoms with Crippen molar-refractivity contribution in [2.75, 3.05) is 12.8 Å². The first-order valence-corrected chi connectivity index (χ1v) is 10.1. The normalized spacial score (nSPS) is 11.0. The van der Waals surface area contributed by atoms with E-state index in [9.17, 15) is 9.59 Å². The van der Waals surface area contributed by atoms with Gasteiger partial charge in [-0.15, -0.1) is 0 Å². The maximum atomic E-state index is 12.7. The van der Waals surface area contributed by atoms with Gasteiger partial charge in [-0.05, 0) is 23.8 Å². The van der Waals surface area contributed by atoms with Crippen LogP contribution in [0.4, 0.5) is 16.2 Å². The maximum absolute atomic E-state index is 12.7. The average Bonchev–Trinajstić information content (AvgIpc) is 2.79. The Morgan fingerprint density at radius 2 is 1.63 bits per heavy atom. The molecule has 30 heavy (non-hydrogen) atoms. The van der Waals surface area contributed by atoms with E-state index >= 15 is 0 Å². The second kappa shape index (κ2) is 10.3. The van der Waals surface area contributed by atoms with Gasteiger partial charge in [-0.3, -0.25) is 10.1 Å². The molecule has 0 saturated carbocycles. The number of aliphatic imine (C=N–C) groups is 1. The van der Waals surface area contributed by atoms with Crippen molar-refractivity contribution in [3.8, 4) is 0 Å². The summed E-state index contributed by atoms with van der Waals surface area (Å²) in [6.07, 6.45) is -0.635. The van der Waals surface area contributed by atoms with Gasteiger partial charge in [0.25, 0.3) is 0 Å². The molecule has 0 unspecified atom stereocenters. The number of anilines is 1. The SMILES string of the molecule is COC(=O)NC(=Nc1cc(C(=O)c2ccccc2)ccc1N)SCc1ccccc1. The molecular formula is C23H21N3O3S. The van der Waals surface area contributed by atoms with E-state index in [2.05, 4.69) is 10.3 Å². The van der Waals surface area contributed by atoms with E-state index in [4.69, 9.17) is 10.5 Å². The number of carbonyl (C=O) groups is 2. The molecule has 0 aromatic heterocycles. The van der Waals surface area contributed by atoms with Crippen molar-refractivity contribution in [2.24, 2.45) is 4.99 Å². The lowest BCUT2D eigenvalue weighted by atomic mass is 10.0. The molecule has 0 aliphatic carbocycles. The lowest BCUT2D eigenvalue weighted by Crippen LogP contribution is -2.28. The zero-order valence-corrected chi connectivity index (χ0v) is 17.2. The molecular weight excluding hydrogens is 398 g/mol. The van der Waals surface area contributed by atoms with Crippen molar-refractivity contribution in [2.45, 2.75) is 5.75 Å². The van der Waals surface area contributed by atoms with Crippen molar-refractivity contribution in [1.82, 2.24) is 5.32 Å². The number of carbonyl (C=O) groups excluding carboxylic acids is 2. The number of ketones is 1. The van der Waals surface area contributed by atoms with Crippen LogP contribution in [0, 0.1) is 0 Å². The fraction of sp³-hybridized carbons (Fsp3) is 0.0870. The van der Waals surface area contributed by atoms with E-state index in [1.807, 2.05) is 48.5 Å². The van der Waals surface area contributed by atoms with E-state index in [0.717, 1.165) is 5.56 Å². The van der Waals surface area contributed by atoms with Gasteiger partial charge in [-0.2, -0.15) is 0 Å². The first-order chi connectivity index (χ1) is 14.6. The van der Waals surface area contributed by atoms with Crippen LogP contribution < -0.4 is 11.1 Å². The molecule has 0 bridgehead atoms. The van der Waals surface area contributed by atoms with Crippen molar-refractivity contribution < 1.29 is 14.3 Å². The van der Waals surface area contributed by atoms with Gasteiger partial charge in [0.2, 0.25) is 0 Å². The van der Waals surface area contributed by atoms with E-state index in [-0.39, 0.29) is 5.78 Å². The molecule has 3 rings (SSSR count). The molecule has 0 fully saturated rings. The molecule has 0 spiro atoms. The van der Waals surface area contributed by atoms with Gasteiger partial charge in [-0.1, -0.05) is 72.4 Å². The number of thioether (sulfide) groups is 1. The minimum Gasteiger partial charge on any atom is -0.453 e. The highest BCUT2D eigenvalue weighted by Gasteiger charge is 2.13. The highest BCUT2D eigenvalue weighted by molar-refractivity contribution is 8.13. The van der Waals surface area contributed by atoms with Crippen LogP contribution in [0.15, 0.2) is 83.9 Å². The molecule has 0 radical (unpaired) electrons. The second-order valence-electron chi connectivity index (χ2n) is 6.28. The summed E-state index contributed by atoms with van der Waals surface area (Å²) >= 11 is 1.33. The number of hydrogen-bond acceptors (Lipinski definition) is 6. The van der Waals surface area contributed by atoms with Crippen molar-refractivity contribution in [1.29, 1.82) is 0 Å².